The molecule has 0 spiro atoms. The van der Waals surface area contributed by atoms with E-state index in [2.05, 4.69) is 21.2 Å². The van der Waals surface area contributed by atoms with Gasteiger partial charge in [-0.25, -0.2) is 4.39 Å². The summed E-state index contributed by atoms with van der Waals surface area (Å²) in [5.41, 5.74) is 0.536. The molecular formula is C14H18BrFN2O. The third-order valence-electron chi connectivity index (χ3n) is 3.44. The molecule has 0 saturated carbocycles. The quantitative estimate of drug-likeness (QED) is 0.924. The fraction of sp³-hybridized carbons (Fsp3) is 0.500. The van der Waals surface area contributed by atoms with Crippen molar-refractivity contribution in [3.63, 3.8) is 0 Å². The lowest BCUT2D eigenvalue weighted by atomic mass is 9.98. The van der Waals surface area contributed by atoms with Gasteiger partial charge in [0.05, 0.1) is 5.92 Å². The molecule has 0 bridgehead atoms. The maximum Gasteiger partial charge on any atom is 0.227 e. The maximum absolute atomic E-state index is 13.7. The number of rotatable bonds is 3. The molecule has 3 nitrogen and oxygen atoms in total. The standard InChI is InChI=1S/C14H18BrFN2O/c1-18(14(19)10-3-2-6-17-8-10)9-11-7-12(15)4-5-13(11)16/h4-5,7,10,17H,2-3,6,8-9H2,1H3/t10-/m1/s1. The van der Waals surface area contributed by atoms with Gasteiger partial charge in [0.15, 0.2) is 0 Å². The molecule has 1 aromatic carbocycles. The number of hydrogen-bond acceptors (Lipinski definition) is 2. The van der Waals surface area contributed by atoms with Crippen LogP contribution in [0.5, 0.6) is 0 Å². The smallest absolute Gasteiger partial charge is 0.227 e. The van der Waals surface area contributed by atoms with Crippen LogP contribution < -0.4 is 5.32 Å². The summed E-state index contributed by atoms with van der Waals surface area (Å²) in [6.45, 7) is 2.01. The van der Waals surface area contributed by atoms with Gasteiger partial charge in [-0.05, 0) is 37.6 Å². The van der Waals surface area contributed by atoms with Crippen LogP contribution in [0.25, 0.3) is 0 Å². The molecule has 1 amide bonds. The van der Waals surface area contributed by atoms with Crippen LogP contribution in [0.3, 0.4) is 0 Å². The first-order chi connectivity index (χ1) is 9.08. The Hall–Kier alpha value is -0.940. The second-order valence-electron chi connectivity index (χ2n) is 4.97. The number of nitrogens with one attached hydrogen (secondary N) is 1. The first kappa shape index (κ1) is 14.5. The van der Waals surface area contributed by atoms with E-state index in [1.54, 1.807) is 24.1 Å². The van der Waals surface area contributed by atoms with E-state index in [0.717, 1.165) is 30.4 Å². The summed E-state index contributed by atoms with van der Waals surface area (Å²) < 4.78 is 14.5. The second kappa shape index (κ2) is 6.48. The number of piperidine rings is 1. The van der Waals surface area contributed by atoms with Crippen molar-refractivity contribution in [1.29, 1.82) is 0 Å². The van der Waals surface area contributed by atoms with Gasteiger partial charge >= 0.3 is 0 Å². The average Bonchev–Trinajstić information content (AvgIpc) is 2.43. The molecule has 2 rings (SSSR count). The number of nitrogens with zero attached hydrogens (tertiary/aromatic N) is 1. The highest BCUT2D eigenvalue weighted by Crippen LogP contribution is 2.19. The van der Waals surface area contributed by atoms with E-state index in [-0.39, 0.29) is 17.6 Å². The highest BCUT2D eigenvalue weighted by molar-refractivity contribution is 9.10. The Morgan fingerprint density at radius 3 is 3.05 bits per heavy atom. The van der Waals surface area contributed by atoms with Gasteiger partial charge in [0, 0.05) is 30.2 Å². The molecule has 1 atom stereocenters. The molecule has 104 valence electrons. The zero-order valence-corrected chi connectivity index (χ0v) is 12.5. The Morgan fingerprint density at radius 1 is 1.58 bits per heavy atom. The molecule has 19 heavy (non-hydrogen) atoms. The Kier molecular flexibility index (Phi) is 4.93. The topological polar surface area (TPSA) is 32.3 Å². The van der Waals surface area contributed by atoms with Gasteiger partial charge in [-0.1, -0.05) is 15.9 Å². The molecule has 1 saturated heterocycles. The number of carbonyl (C=O) groups is 1. The molecule has 0 unspecified atom stereocenters. The molecule has 0 aromatic heterocycles. The summed E-state index contributed by atoms with van der Waals surface area (Å²) in [6.07, 6.45) is 1.94. The SMILES string of the molecule is CN(Cc1cc(Br)ccc1F)C(=O)[C@@H]1CCCNC1. The van der Waals surface area contributed by atoms with Crippen LogP contribution in [0.1, 0.15) is 18.4 Å². The number of hydrogen-bond donors (Lipinski definition) is 1. The van der Waals surface area contributed by atoms with E-state index in [0.29, 0.717) is 12.1 Å². The van der Waals surface area contributed by atoms with Crippen molar-refractivity contribution in [1.82, 2.24) is 10.2 Å². The minimum atomic E-state index is -0.274. The lowest BCUT2D eigenvalue weighted by Gasteiger charge is -2.27. The van der Waals surface area contributed by atoms with Crippen molar-refractivity contribution in [3.8, 4) is 0 Å². The Morgan fingerprint density at radius 2 is 2.37 bits per heavy atom. The monoisotopic (exact) mass is 328 g/mol. The lowest BCUT2D eigenvalue weighted by Crippen LogP contribution is -2.41. The summed E-state index contributed by atoms with van der Waals surface area (Å²) in [6, 6.07) is 4.80. The maximum atomic E-state index is 13.7. The molecule has 1 aliphatic heterocycles. The summed E-state index contributed by atoms with van der Waals surface area (Å²) in [7, 11) is 1.73. The van der Waals surface area contributed by atoms with E-state index in [1.807, 2.05) is 0 Å². The molecule has 1 heterocycles. The van der Waals surface area contributed by atoms with E-state index < -0.39 is 0 Å². The lowest BCUT2D eigenvalue weighted by molar-refractivity contribution is -0.135. The molecule has 0 radical (unpaired) electrons. The third kappa shape index (κ3) is 3.76. The molecule has 1 fully saturated rings. The van der Waals surface area contributed by atoms with Crippen molar-refractivity contribution < 1.29 is 9.18 Å². The molecule has 1 aromatic rings. The summed E-state index contributed by atoms with van der Waals surface area (Å²) in [5.74, 6) is -0.162. The van der Waals surface area contributed by atoms with Gasteiger partial charge in [0.1, 0.15) is 5.82 Å². The minimum absolute atomic E-state index is 0.0222. The predicted molar refractivity (Wildman–Crippen MR) is 76.2 cm³/mol. The molecule has 1 N–H and O–H groups in total. The largest absolute Gasteiger partial charge is 0.341 e. The van der Waals surface area contributed by atoms with Crippen molar-refractivity contribution in [2.75, 3.05) is 20.1 Å². The number of carbonyl (C=O) groups excluding carboxylic acids is 1. The summed E-state index contributed by atoms with van der Waals surface area (Å²) in [5, 5.41) is 3.23. The highest BCUT2D eigenvalue weighted by atomic mass is 79.9. The van der Waals surface area contributed by atoms with E-state index in [9.17, 15) is 9.18 Å². The van der Waals surface area contributed by atoms with Crippen LogP contribution in [0.2, 0.25) is 0 Å². The van der Waals surface area contributed by atoms with Crippen molar-refractivity contribution >= 4 is 21.8 Å². The molecule has 0 aliphatic carbocycles. The first-order valence-electron chi connectivity index (χ1n) is 6.47. The number of amides is 1. The van der Waals surface area contributed by atoms with Crippen LogP contribution >= 0.6 is 15.9 Å². The van der Waals surface area contributed by atoms with Crippen molar-refractivity contribution in [2.45, 2.75) is 19.4 Å². The molecule has 1 aliphatic rings. The summed E-state index contributed by atoms with van der Waals surface area (Å²) in [4.78, 5) is 13.9. The molecular weight excluding hydrogens is 311 g/mol. The average molecular weight is 329 g/mol. The van der Waals surface area contributed by atoms with Crippen LogP contribution in [-0.4, -0.2) is 30.9 Å². The first-order valence-corrected chi connectivity index (χ1v) is 7.27. The zero-order chi connectivity index (χ0) is 13.8. The van der Waals surface area contributed by atoms with Crippen LogP contribution in [0.15, 0.2) is 22.7 Å². The minimum Gasteiger partial charge on any atom is -0.341 e. The van der Waals surface area contributed by atoms with Gasteiger partial charge in [-0.3, -0.25) is 4.79 Å². The fourth-order valence-corrected chi connectivity index (χ4v) is 2.78. The summed E-state index contributed by atoms with van der Waals surface area (Å²) >= 11 is 3.32. The van der Waals surface area contributed by atoms with E-state index in [4.69, 9.17) is 0 Å². The fourth-order valence-electron chi connectivity index (χ4n) is 2.37. The third-order valence-corrected chi connectivity index (χ3v) is 3.93. The zero-order valence-electron chi connectivity index (χ0n) is 11.0. The number of halogens is 2. The second-order valence-corrected chi connectivity index (χ2v) is 5.89. The normalized spacial score (nSPS) is 19.2. The van der Waals surface area contributed by atoms with Crippen molar-refractivity contribution in [3.05, 3.63) is 34.1 Å². The predicted octanol–water partition coefficient (Wildman–Crippen LogP) is 2.55. The van der Waals surface area contributed by atoms with Crippen LogP contribution in [-0.2, 0) is 11.3 Å². The van der Waals surface area contributed by atoms with E-state index >= 15 is 0 Å². The van der Waals surface area contributed by atoms with Crippen molar-refractivity contribution in [2.24, 2.45) is 5.92 Å². The van der Waals surface area contributed by atoms with Gasteiger partial charge in [-0.15, -0.1) is 0 Å². The van der Waals surface area contributed by atoms with Gasteiger partial charge in [-0.2, -0.15) is 0 Å². The van der Waals surface area contributed by atoms with E-state index in [1.165, 1.54) is 6.07 Å². The Labute approximate surface area is 121 Å². The Bertz CT molecular complexity index is 461. The molecule has 5 heteroatoms. The number of benzene rings is 1. The van der Waals surface area contributed by atoms with Crippen LogP contribution in [0, 0.1) is 11.7 Å². The Balaban J connectivity index is 2.01. The van der Waals surface area contributed by atoms with Gasteiger partial charge < -0.3 is 10.2 Å². The highest BCUT2D eigenvalue weighted by Gasteiger charge is 2.24. The van der Waals surface area contributed by atoms with Gasteiger partial charge in [0.25, 0.3) is 0 Å². The van der Waals surface area contributed by atoms with Gasteiger partial charge in [0.2, 0.25) is 5.91 Å². The van der Waals surface area contributed by atoms with Crippen LogP contribution in [0.4, 0.5) is 4.39 Å².